The van der Waals surface area contributed by atoms with Gasteiger partial charge in [0.25, 0.3) is 5.56 Å². The number of rotatable bonds is 2. The standard InChI is InChI=1S/C16H12N2O3/c19-15(18-21)9-13-10-5-1-2-7-12(10)16(20)17-14-8-4-3-6-11(13)14/h1-8,21H,9H2,(H,18,19). The highest BCUT2D eigenvalue weighted by Gasteiger charge is 2.12. The third kappa shape index (κ3) is 2.34. The monoisotopic (exact) mass is 280 g/mol. The van der Waals surface area contributed by atoms with E-state index in [1.54, 1.807) is 41.9 Å². The van der Waals surface area contributed by atoms with Gasteiger partial charge in [0.15, 0.2) is 0 Å². The fraction of sp³-hybridized carbons (Fsp3) is 0.0625. The normalized spacial score (nSPS) is 10.7. The van der Waals surface area contributed by atoms with Gasteiger partial charge in [0.2, 0.25) is 5.91 Å². The molecular formula is C16H12N2O3. The number of carbonyl (C=O) groups excluding carboxylic acids is 1. The molecule has 0 bridgehead atoms. The topological polar surface area (TPSA) is 79.3 Å². The smallest absolute Gasteiger partial charge is 0.278 e. The van der Waals surface area contributed by atoms with Crippen molar-refractivity contribution in [3.05, 3.63) is 64.4 Å². The number of aromatic nitrogens is 1. The summed E-state index contributed by atoms with van der Waals surface area (Å²) in [5.41, 5.74) is 2.49. The Labute approximate surface area is 119 Å². The van der Waals surface area contributed by atoms with Crippen LogP contribution in [0, 0.1) is 0 Å². The Hall–Kier alpha value is -2.79. The van der Waals surface area contributed by atoms with Crippen LogP contribution >= 0.6 is 0 Å². The molecule has 21 heavy (non-hydrogen) atoms. The van der Waals surface area contributed by atoms with Crippen LogP contribution in [0.3, 0.4) is 0 Å². The highest BCUT2D eigenvalue weighted by Crippen LogP contribution is 2.23. The Balaban J connectivity index is 2.51. The summed E-state index contributed by atoms with van der Waals surface area (Å²) in [5, 5.41) is 10.6. The first-order valence-corrected chi connectivity index (χ1v) is 6.44. The molecule has 0 aliphatic rings. The van der Waals surface area contributed by atoms with Crippen molar-refractivity contribution >= 4 is 27.6 Å². The van der Waals surface area contributed by atoms with E-state index in [0.29, 0.717) is 21.9 Å². The van der Waals surface area contributed by atoms with E-state index in [9.17, 15) is 9.59 Å². The Kier molecular flexibility index (Phi) is 3.33. The minimum absolute atomic E-state index is 0.0344. The first-order valence-electron chi connectivity index (χ1n) is 6.44. The molecule has 5 nitrogen and oxygen atoms in total. The van der Waals surface area contributed by atoms with E-state index in [4.69, 9.17) is 5.21 Å². The van der Waals surface area contributed by atoms with Gasteiger partial charge in [-0.05, 0) is 23.1 Å². The van der Waals surface area contributed by atoms with E-state index in [1.165, 1.54) is 0 Å². The number of amides is 1. The SMILES string of the molecule is O=C(Cc1c2ccccc2nc(=O)c2ccccc12)NO. The number of hydroxylamine groups is 1. The van der Waals surface area contributed by atoms with Gasteiger partial charge in [-0.1, -0.05) is 36.4 Å². The zero-order valence-electron chi connectivity index (χ0n) is 11.0. The molecule has 3 rings (SSSR count). The summed E-state index contributed by atoms with van der Waals surface area (Å²) in [6.07, 6.45) is -0.0344. The summed E-state index contributed by atoms with van der Waals surface area (Å²) >= 11 is 0. The lowest BCUT2D eigenvalue weighted by molar-refractivity contribution is -0.128. The highest BCUT2D eigenvalue weighted by atomic mass is 16.5. The molecule has 0 aliphatic heterocycles. The molecule has 104 valence electrons. The van der Waals surface area contributed by atoms with Gasteiger partial charge in [-0.25, -0.2) is 10.5 Å². The highest BCUT2D eigenvalue weighted by molar-refractivity contribution is 5.98. The van der Waals surface area contributed by atoms with Crippen LogP contribution in [0.4, 0.5) is 0 Å². The van der Waals surface area contributed by atoms with Gasteiger partial charge in [-0.2, -0.15) is 0 Å². The third-order valence-corrected chi connectivity index (χ3v) is 3.40. The number of nitrogens with one attached hydrogen (secondary N) is 1. The Morgan fingerprint density at radius 2 is 1.62 bits per heavy atom. The fourth-order valence-corrected chi connectivity index (χ4v) is 2.46. The van der Waals surface area contributed by atoms with Crippen LogP contribution in [0.25, 0.3) is 21.7 Å². The zero-order chi connectivity index (χ0) is 14.8. The number of fused-ring (bicyclic) bond motifs is 2. The maximum atomic E-state index is 12.2. The van der Waals surface area contributed by atoms with Crippen LogP contribution in [0.2, 0.25) is 0 Å². The van der Waals surface area contributed by atoms with Crippen molar-refractivity contribution in [3.8, 4) is 0 Å². The van der Waals surface area contributed by atoms with Crippen LogP contribution in [-0.2, 0) is 11.2 Å². The average molecular weight is 280 g/mol. The zero-order valence-corrected chi connectivity index (χ0v) is 11.0. The van der Waals surface area contributed by atoms with Crippen molar-refractivity contribution in [2.75, 3.05) is 0 Å². The van der Waals surface area contributed by atoms with E-state index in [0.717, 1.165) is 5.39 Å². The second-order valence-electron chi connectivity index (χ2n) is 4.67. The molecule has 1 aromatic heterocycles. The first kappa shape index (κ1) is 13.2. The predicted molar refractivity (Wildman–Crippen MR) is 79.2 cm³/mol. The molecule has 2 aromatic carbocycles. The molecule has 1 heterocycles. The van der Waals surface area contributed by atoms with Crippen LogP contribution in [0.15, 0.2) is 53.3 Å². The number of benzene rings is 2. The van der Waals surface area contributed by atoms with Crippen LogP contribution < -0.4 is 11.0 Å². The van der Waals surface area contributed by atoms with Crippen LogP contribution in [-0.4, -0.2) is 16.1 Å². The van der Waals surface area contributed by atoms with Gasteiger partial charge >= 0.3 is 0 Å². The molecule has 0 unspecified atom stereocenters. The molecule has 2 N–H and O–H groups in total. The summed E-state index contributed by atoms with van der Waals surface area (Å²) in [6, 6.07) is 14.2. The van der Waals surface area contributed by atoms with E-state index in [1.807, 2.05) is 12.1 Å². The summed E-state index contributed by atoms with van der Waals surface area (Å²) in [4.78, 5) is 27.9. The van der Waals surface area contributed by atoms with Crippen molar-refractivity contribution in [1.29, 1.82) is 0 Å². The molecule has 1 amide bonds. The first-order chi connectivity index (χ1) is 10.2. The molecule has 0 fully saturated rings. The average Bonchev–Trinajstić information content (AvgIpc) is 2.63. The quantitative estimate of drug-likeness (QED) is 0.554. The molecule has 0 saturated heterocycles. The number of hydrogen-bond acceptors (Lipinski definition) is 4. The molecule has 0 saturated carbocycles. The summed E-state index contributed by atoms with van der Waals surface area (Å²) < 4.78 is 0. The molecule has 5 heteroatoms. The maximum Gasteiger partial charge on any atom is 0.278 e. The molecule has 0 aliphatic carbocycles. The maximum absolute atomic E-state index is 12.2. The van der Waals surface area contributed by atoms with E-state index in [2.05, 4.69) is 4.98 Å². The molecule has 0 radical (unpaired) electrons. The number of para-hydroxylation sites is 1. The fourth-order valence-electron chi connectivity index (χ4n) is 2.46. The second-order valence-corrected chi connectivity index (χ2v) is 4.67. The van der Waals surface area contributed by atoms with Gasteiger partial charge in [-0.3, -0.25) is 14.8 Å². The van der Waals surface area contributed by atoms with E-state index < -0.39 is 5.91 Å². The Morgan fingerprint density at radius 3 is 2.33 bits per heavy atom. The molecule has 0 spiro atoms. The second kappa shape index (κ2) is 5.30. The van der Waals surface area contributed by atoms with Crippen molar-refractivity contribution in [2.45, 2.75) is 6.42 Å². The largest absolute Gasteiger partial charge is 0.289 e. The molecule has 3 aromatic rings. The Bertz CT molecular complexity index is 906. The van der Waals surface area contributed by atoms with Crippen molar-refractivity contribution in [2.24, 2.45) is 0 Å². The predicted octanol–water partition coefficient (Wildman–Crippen LogP) is 1.80. The van der Waals surface area contributed by atoms with E-state index in [-0.39, 0.29) is 12.0 Å². The van der Waals surface area contributed by atoms with E-state index >= 15 is 0 Å². The van der Waals surface area contributed by atoms with Gasteiger partial charge in [-0.15, -0.1) is 0 Å². The lowest BCUT2D eigenvalue weighted by Crippen LogP contribution is -2.20. The van der Waals surface area contributed by atoms with Gasteiger partial charge in [0.05, 0.1) is 11.9 Å². The van der Waals surface area contributed by atoms with Crippen molar-refractivity contribution in [3.63, 3.8) is 0 Å². The third-order valence-electron chi connectivity index (χ3n) is 3.40. The Morgan fingerprint density at radius 1 is 1.00 bits per heavy atom. The van der Waals surface area contributed by atoms with Gasteiger partial charge in [0.1, 0.15) is 0 Å². The minimum atomic E-state index is -0.538. The number of hydrogen-bond donors (Lipinski definition) is 2. The summed E-state index contributed by atoms with van der Waals surface area (Å²) in [5.74, 6) is -0.538. The minimum Gasteiger partial charge on any atom is -0.289 e. The van der Waals surface area contributed by atoms with Gasteiger partial charge < -0.3 is 0 Å². The van der Waals surface area contributed by atoms with Crippen LogP contribution in [0.1, 0.15) is 5.56 Å². The van der Waals surface area contributed by atoms with Crippen molar-refractivity contribution < 1.29 is 10.0 Å². The molecular weight excluding hydrogens is 268 g/mol. The lowest BCUT2D eigenvalue weighted by Gasteiger charge is -2.04. The lowest BCUT2D eigenvalue weighted by atomic mass is 10.0. The summed E-state index contributed by atoms with van der Waals surface area (Å²) in [6.45, 7) is 0. The number of nitrogens with zero attached hydrogens (tertiary/aromatic N) is 1. The summed E-state index contributed by atoms with van der Waals surface area (Å²) in [7, 11) is 0. The number of carbonyl (C=O) groups is 1. The van der Waals surface area contributed by atoms with Crippen molar-refractivity contribution in [1.82, 2.24) is 10.5 Å². The molecule has 0 atom stereocenters. The van der Waals surface area contributed by atoms with Gasteiger partial charge in [0, 0.05) is 10.8 Å². The van der Waals surface area contributed by atoms with Crippen LogP contribution in [0.5, 0.6) is 0 Å².